The molecule has 0 N–H and O–H groups in total. The average Bonchev–Trinajstić information content (AvgIpc) is 2.74. The minimum Gasteiger partial charge on any atom is -0.373 e. The molecule has 1 amide bonds. The van der Waals surface area contributed by atoms with Gasteiger partial charge in [-0.2, -0.15) is 5.10 Å². The first-order chi connectivity index (χ1) is 8.56. The number of morpholine rings is 1. The number of rotatable bonds is 3. The summed E-state index contributed by atoms with van der Waals surface area (Å²) in [4.78, 5) is 16.2. The molecular formula is C12H20N4O2. The van der Waals surface area contributed by atoms with Gasteiger partial charge in [-0.15, -0.1) is 0 Å². The van der Waals surface area contributed by atoms with Gasteiger partial charge < -0.3 is 14.5 Å². The van der Waals surface area contributed by atoms with Crippen LogP contribution in [0.3, 0.4) is 0 Å². The summed E-state index contributed by atoms with van der Waals surface area (Å²) in [5, 5.41) is 4.03. The highest BCUT2D eigenvalue weighted by Gasteiger charge is 2.25. The van der Waals surface area contributed by atoms with Gasteiger partial charge in [0.25, 0.3) is 5.91 Å². The van der Waals surface area contributed by atoms with Crippen molar-refractivity contribution in [3.05, 3.63) is 18.0 Å². The molecule has 6 nitrogen and oxygen atoms in total. The Labute approximate surface area is 107 Å². The van der Waals surface area contributed by atoms with Crippen molar-refractivity contribution < 1.29 is 9.53 Å². The van der Waals surface area contributed by atoms with Crippen molar-refractivity contribution in [2.24, 2.45) is 7.05 Å². The lowest BCUT2D eigenvalue weighted by atomic mass is 10.2. The maximum atomic E-state index is 12.2. The molecule has 1 atom stereocenters. The van der Waals surface area contributed by atoms with Gasteiger partial charge >= 0.3 is 0 Å². The van der Waals surface area contributed by atoms with Crippen molar-refractivity contribution in [2.45, 2.75) is 6.10 Å². The van der Waals surface area contributed by atoms with Crippen molar-refractivity contribution >= 4 is 5.91 Å². The lowest BCUT2D eigenvalue weighted by Crippen LogP contribution is -2.48. The number of amides is 1. The predicted molar refractivity (Wildman–Crippen MR) is 67.4 cm³/mol. The molecule has 18 heavy (non-hydrogen) atoms. The van der Waals surface area contributed by atoms with Gasteiger partial charge in [-0.1, -0.05) is 0 Å². The molecule has 0 radical (unpaired) electrons. The van der Waals surface area contributed by atoms with Crippen molar-refractivity contribution in [2.75, 3.05) is 40.3 Å². The van der Waals surface area contributed by atoms with Crippen LogP contribution in [0.4, 0.5) is 0 Å². The molecule has 1 unspecified atom stereocenters. The molecule has 6 heteroatoms. The monoisotopic (exact) mass is 252 g/mol. The second-order valence-electron chi connectivity index (χ2n) is 4.91. The average molecular weight is 252 g/mol. The number of hydrogen-bond acceptors (Lipinski definition) is 4. The highest BCUT2D eigenvalue weighted by Crippen LogP contribution is 2.10. The molecule has 2 heterocycles. The van der Waals surface area contributed by atoms with E-state index in [9.17, 15) is 4.79 Å². The number of carbonyl (C=O) groups excluding carboxylic acids is 1. The zero-order chi connectivity index (χ0) is 13.1. The Morgan fingerprint density at radius 1 is 1.61 bits per heavy atom. The third kappa shape index (κ3) is 3.08. The van der Waals surface area contributed by atoms with Gasteiger partial charge in [-0.3, -0.25) is 9.48 Å². The van der Waals surface area contributed by atoms with Crippen molar-refractivity contribution in [3.8, 4) is 0 Å². The number of aryl methyl sites for hydroxylation is 1. The van der Waals surface area contributed by atoms with E-state index < -0.39 is 0 Å². The summed E-state index contributed by atoms with van der Waals surface area (Å²) in [6.07, 6.45) is 3.45. The predicted octanol–water partition coefficient (Wildman–Crippen LogP) is -0.177. The van der Waals surface area contributed by atoms with E-state index in [1.165, 1.54) is 0 Å². The fourth-order valence-corrected chi connectivity index (χ4v) is 2.14. The van der Waals surface area contributed by atoms with Crippen LogP contribution < -0.4 is 0 Å². The normalized spacial score (nSPS) is 20.4. The summed E-state index contributed by atoms with van der Waals surface area (Å²) < 4.78 is 7.30. The molecule has 2 rings (SSSR count). The number of carbonyl (C=O) groups is 1. The van der Waals surface area contributed by atoms with Crippen LogP contribution in [0.1, 0.15) is 10.4 Å². The van der Waals surface area contributed by atoms with E-state index in [-0.39, 0.29) is 12.0 Å². The number of aromatic nitrogens is 2. The van der Waals surface area contributed by atoms with Crippen LogP contribution in [0, 0.1) is 0 Å². The van der Waals surface area contributed by atoms with Crippen LogP contribution in [0.15, 0.2) is 12.4 Å². The topological polar surface area (TPSA) is 50.6 Å². The molecule has 1 aromatic heterocycles. The largest absolute Gasteiger partial charge is 0.373 e. The van der Waals surface area contributed by atoms with Crippen LogP contribution >= 0.6 is 0 Å². The van der Waals surface area contributed by atoms with Gasteiger partial charge in [-0.25, -0.2) is 0 Å². The van der Waals surface area contributed by atoms with E-state index in [1.807, 2.05) is 26.0 Å². The lowest BCUT2D eigenvalue weighted by Gasteiger charge is -2.34. The first-order valence-corrected chi connectivity index (χ1v) is 6.10. The Morgan fingerprint density at radius 3 is 3.00 bits per heavy atom. The summed E-state index contributed by atoms with van der Waals surface area (Å²) in [5.41, 5.74) is 0.642. The molecule has 0 aliphatic carbocycles. The first kappa shape index (κ1) is 13.0. The maximum absolute atomic E-state index is 12.2. The minimum atomic E-state index is 0.0372. The van der Waals surface area contributed by atoms with Crippen LogP contribution in [-0.2, 0) is 11.8 Å². The maximum Gasteiger partial charge on any atom is 0.257 e. The zero-order valence-corrected chi connectivity index (χ0v) is 11.2. The van der Waals surface area contributed by atoms with Crippen LogP contribution in [0.2, 0.25) is 0 Å². The van der Waals surface area contributed by atoms with Crippen LogP contribution in [-0.4, -0.2) is 71.9 Å². The SMILES string of the molecule is CN(C)CC1CN(C(=O)c2cnn(C)c2)CCO1. The highest BCUT2D eigenvalue weighted by molar-refractivity contribution is 5.93. The molecule has 0 bridgehead atoms. The molecule has 1 saturated heterocycles. The van der Waals surface area contributed by atoms with E-state index in [1.54, 1.807) is 17.1 Å². The van der Waals surface area contributed by atoms with Gasteiger partial charge in [0.05, 0.1) is 24.5 Å². The van der Waals surface area contributed by atoms with E-state index in [0.717, 1.165) is 6.54 Å². The Bertz CT molecular complexity index is 416. The second kappa shape index (κ2) is 5.49. The Balaban J connectivity index is 1.98. The molecule has 0 spiro atoms. The second-order valence-corrected chi connectivity index (χ2v) is 4.91. The Kier molecular flexibility index (Phi) is 3.98. The molecule has 0 aromatic carbocycles. The van der Waals surface area contributed by atoms with Crippen molar-refractivity contribution in [1.29, 1.82) is 0 Å². The molecule has 1 fully saturated rings. The molecule has 1 aliphatic heterocycles. The fourth-order valence-electron chi connectivity index (χ4n) is 2.14. The van der Waals surface area contributed by atoms with E-state index in [0.29, 0.717) is 25.3 Å². The standard InChI is InChI=1S/C12H20N4O2/c1-14(2)8-11-9-16(4-5-18-11)12(17)10-6-13-15(3)7-10/h6-7,11H,4-5,8-9H2,1-3H3. The highest BCUT2D eigenvalue weighted by atomic mass is 16.5. The van der Waals surface area contributed by atoms with Crippen molar-refractivity contribution in [1.82, 2.24) is 19.6 Å². The van der Waals surface area contributed by atoms with E-state index in [2.05, 4.69) is 10.00 Å². The third-order valence-corrected chi connectivity index (χ3v) is 2.95. The molecule has 0 saturated carbocycles. The Hall–Kier alpha value is -1.40. The smallest absolute Gasteiger partial charge is 0.257 e. The quantitative estimate of drug-likeness (QED) is 0.749. The summed E-state index contributed by atoms with van der Waals surface area (Å²) in [6, 6.07) is 0. The van der Waals surface area contributed by atoms with Gasteiger partial charge in [0.2, 0.25) is 0 Å². The van der Waals surface area contributed by atoms with Gasteiger partial charge in [0.1, 0.15) is 0 Å². The zero-order valence-electron chi connectivity index (χ0n) is 11.2. The molecule has 1 aliphatic rings. The van der Waals surface area contributed by atoms with Crippen molar-refractivity contribution in [3.63, 3.8) is 0 Å². The summed E-state index contributed by atoms with van der Waals surface area (Å²) >= 11 is 0. The summed E-state index contributed by atoms with van der Waals surface area (Å²) in [5.74, 6) is 0.0372. The summed E-state index contributed by atoms with van der Waals surface area (Å²) in [6.45, 7) is 2.73. The number of hydrogen-bond donors (Lipinski definition) is 0. The molecular weight excluding hydrogens is 232 g/mol. The van der Waals surface area contributed by atoms with Crippen LogP contribution in [0.5, 0.6) is 0 Å². The Morgan fingerprint density at radius 2 is 2.39 bits per heavy atom. The van der Waals surface area contributed by atoms with E-state index >= 15 is 0 Å². The third-order valence-electron chi connectivity index (χ3n) is 2.95. The molecule has 100 valence electrons. The summed E-state index contributed by atoms with van der Waals surface area (Å²) in [7, 11) is 5.82. The lowest BCUT2D eigenvalue weighted by molar-refractivity contribution is -0.0306. The molecule has 1 aromatic rings. The fraction of sp³-hybridized carbons (Fsp3) is 0.667. The number of likely N-dealkylation sites (N-methyl/N-ethyl adjacent to an activating group) is 1. The van der Waals surface area contributed by atoms with Crippen LogP contribution in [0.25, 0.3) is 0 Å². The van der Waals surface area contributed by atoms with Gasteiger partial charge in [-0.05, 0) is 14.1 Å². The van der Waals surface area contributed by atoms with Gasteiger partial charge in [0, 0.05) is 32.9 Å². The first-order valence-electron chi connectivity index (χ1n) is 6.10. The minimum absolute atomic E-state index is 0.0372. The van der Waals surface area contributed by atoms with E-state index in [4.69, 9.17) is 4.74 Å². The number of nitrogens with zero attached hydrogens (tertiary/aromatic N) is 4. The number of ether oxygens (including phenoxy) is 1. The van der Waals surface area contributed by atoms with Gasteiger partial charge in [0.15, 0.2) is 0 Å².